The van der Waals surface area contributed by atoms with Gasteiger partial charge < -0.3 is 10.3 Å². The van der Waals surface area contributed by atoms with Crippen LogP contribution in [-0.2, 0) is 7.05 Å². The molecule has 0 aliphatic carbocycles. The number of nitrogen functional groups attached to an aromatic ring is 1. The van der Waals surface area contributed by atoms with E-state index in [9.17, 15) is 9.59 Å². The Morgan fingerprint density at radius 1 is 1.17 bits per heavy atom. The molecule has 2 aromatic carbocycles. The van der Waals surface area contributed by atoms with Gasteiger partial charge in [-0.3, -0.25) is 14.3 Å². The Bertz CT molecular complexity index is 1140. The summed E-state index contributed by atoms with van der Waals surface area (Å²) in [6, 6.07) is 12.4. The van der Waals surface area contributed by atoms with E-state index in [0.717, 1.165) is 22.0 Å². The average Bonchev–Trinajstić information content (AvgIpc) is 2.71. The van der Waals surface area contributed by atoms with Gasteiger partial charge in [0.1, 0.15) is 0 Å². The van der Waals surface area contributed by atoms with Crippen LogP contribution in [-0.4, -0.2) is 10.4 Å². The Morgan fingerprint density at radius 3 is 2.45 bits per heavy atom. The maximum absolute atomic E-state index is 13.4. The van der Waals surface area contributed by atoms with Crippen molar-refractivity contribution in [3.63, 3.8) is 0 Å². The lowest BCUT2D eigenvalue weighted by Crippen LogP contribution is -2.20. The molecule has 5 nitrogen and oxygen atoms in total. The number of aryl methyl sites for hydroxylation is 2. The van der Waals surface area contributed by atoms with Crippen LogP contribution in [0.15, 0.2) is 53.5 Å². The molecule has 0 aliphatic rings. The molecule has 3 N–H and O–H groups in total. The lowest BCUT2D eigenvalue weighted by molar-refractivity contribution is 0.103. The summed E-state index contributed by atoms with van der Waals surface area (Å²) in [5, 5.41) is 1.00. The summed E-state index contributed by atoms with van der Waals surface area (Å²) in [6.45, 7) is 3.78. The highest BCUT2D eigenvalue weighted by atomic mass is 32.1. The molecule has 0 saturated carbocycles. The van der Waals surface area contributed by atoms with Crippen molar-refractivity contribution in [2.24, 2.45) is 7.05 Å². The molecule has 29 heavy (non-hydrogen) atoms. The Balaban J connectivity index is 2.29. The van der Waals surface area contributed by atoms with Crippen LogP contribution in [0.1, 0.15) is 40.0 Å². The molecule has 0 spiro atoms. The predicted molar refractivity (Wildman–Crippen MR) is 126 cm³/mol. The maximum Gasteiger partial charge on any atom is 0.250 e. The Hall–Kier alpha value is -2.40. The van der Waals surface area contributed by atoms with Crippen LogP contribution in [0.2, 0.25) is 0 Å². The molecule has 3 rings (SSSR count). The van der Waals surface area contributed by atoms with Crippen molar-refractivity contribution in [1.29, 1.82) is 0 Å². The molecule has 150 valence electrons. The summed E-state index contributed by atoms with van der Waals surface area (Å²) in [5.74, 6) is -0.0978. The number of hydrogen-bond acceptors (Lipinski definition) is 5. The van der Waals surface area contributed by atoms with Gasteiger partial charge in [-0.2, -0.15) is 0 Å². The largest absolute Gasteiger partial charge is 0.398 e. The number of nitrogens with one attached hydrogen (secondary N) is 1. The van der Waals surface area contributed by atoms with E-state index < -0.39 is 0 Å². The first-order chi connectivity index (χ1) is 13.7. The quantitative estimate of drug-likeness (QED) is 0.254. The van der Waals surface area contributed by atoms with Gasteiger partial charge in [0, 0.05) is 47.7 Å². The van der Waals surface area contributed by atoms with Crippen molar-refractivity contribution in [3.05, 3.63) is 81.3 Å². The number of thiol groups is 1. The monoisotopic (exact) mass is 425 g/mol. The van der Waals surface area contributed by atoms with E-state index in [1.54, 1.807) is 37.5 Å². The van der Waals surface area contributed by atoms with Crippen molar-refractivity contribution < 1.29 is 4.79 Å². The molecule has 0 aliphatic heterocycles. The van der Waals surface area contributed by atoms with Gasteiger partial charge in [0.25, 0.3) is 5.56 Å². The number of nitrogens with zero attached hydrogens (tertiary/aromatic N) is 1. The van der Waals surface area contributed by atoms with Gasteiger partial charge in [-0.1, -0.05) is 37.1 Å². The third-order valence-corrected chi connectivity index (χ3v) is 5.81. The zero-order valence-electron chi connectivity index (χ0n) is 16.6. The number of nitrogens with two attached hydrogens (primary N) is 1. The number of anilines is 1. The molecular weight excluding hydrogens is 401 g/mol. The Kier molecular flexibility index (Phi) is 6.27. The second-order valence-corrected chi connectivity index (χ2v) is 8.07. The van der Waals surface area contributed by atoms with Crippen LogP contribution in [0.25, 0.3) is 11.1 Å². The lowest BCUT2D eigenvalue weighted by atomic mass is 9.89. The van der Waals surface area contributed by atoms with E-state index in [1.165, 1.54) is 4.57 Å². The van der Waals surface area contributed by atoms with Crippen molar-refractivity contribution in [1.82, 2.24) is 9.29 Å². The van der Waals surface area contributed by atoms with Gasteiger partial charge in [0.15, 0.2) is 5.78 Å². The summed E-state index contributed by atoms with van der Waals surface area (Å²) in [7, 11) is 4.30. The fourth-order valence-corrected chi connectivity index (χ4v) is 3.55. The third kappa shape index (κ3) is 4.30. The van der Waals surface area contributed by atoms with Crippen molar-refractivity contribution in [3.8, 4) is 11.1 Å². The summed E-state index contributed by atoms with van der Waals surface area (Å²) in [4.78, 5) is 25.6. The first-order valence-corrected chi connectivity index (χ1v) is 10.2. The second kappa shape index (κ2) is 8.54. The SMILES string of the molecule is Cc1cc(C(=O)c2ccc(P)cc2)c(-c2cn(C)c(=O)cc2C(C)NS)cc1N. The van der Waals surface area contributed by atoms with Gasteiger partial charge in [0.2, 0.25) is 0 Å². The van der Waals surface area contributed by atoms with Crippen molar-refractivity contribution >= 4 is 38.8 Å². The molecule has 0 amide bonds. The predicted octanol–water partition coefficient (Wildman–Crippen LogP) is 3.17. The molecular formula is C22H24N3O2PS. The zero-order valence-corrected chi connectivity index (χ0v) is 18.6. The van der Waals surface area contributed by atoms with E-state index in [-0.39, 0.29) is 17.4 Å². The first-order valence-electron chi connectivity index (χ1n) is 9.14. The average molecular weight is 425 g/mol. The zero-order chi connectivity index (χ0) is 21.3. The highest BCUT2D eigenvalue weighted by Gasteiger charge is 2.21. The summed E-state index contributed by atoms with van der Waals surface area (Å²) >= 11 is 4.16. The van der Waals surface area contributed by atoms with E-state index in [1.807, 2.05) is 32.0 Å². The third-order valence-electron chi connectivity index (χ3n) is 5.03. The molecule has 0 radical (unpaired) electrons. The van der Waals surface area contributed by atoms with Crippen molar-refractivity contribution in [2.45, 2.75) is 19.9 Å². The highest BCUT2D eigenvalue weighted by molar-refractivity contribution is 7.78. The van der Waals surface area contributed by atoms with E-state index in [2.05, 4.69) is 26.8 Å². The summed E-state index contributed by atoms with van der Waals surface area (Å²) in [6.07, 6.45) is 1.74. The van der Waals surface area contributed by atoms with Gasteiger partial charge >= 0.3 is 0 Å². The molecule has 1 aromatic heterocycles. The number of aromatic nitrogens is 1. The minimum atomic E-state index is -0.205. The number of ketones is 1. The fraction of sp³-hybridized carbons (Fsp3) is 0.182. The minimum Gasteiger partial charge on any atom is -0.398 e. The Morgan fingerprint density at radius 2 is 1.83 bits per heavy atom. The minimum absolute atomic E-state index is 0.0978. The molecule has 1 heterocycles. The summed E-state index contributed by atoms with van der Waals surface area (Å²) < 4.78 is 4.38. The van der Waals surface area contributed by atoms with Crippen LogP contribution >= 0.6 is 22.1 Å². The number of carbonyl (C=O) groups is 1. The molecule has 2 unspecified atom stereocenters. The molecule has 7 heteroatoms. The molecule has 2 atom stereocenters. The fourth-order valence-electron chi connectivity index (χ4n) is 3.22. The van der Waals surface area contributed by atoms with E-state index in [4.69, 9.17) is 5.73 Å². The Labute approximate surface area is 178 Å². The highest BCUT2D eigenvalue weighted by Crippen LogP contribution is 2.34. The molecule has 0 saturated heterocycles. The molecule has 0 fully saturated rings. The maximum atomic E-state index is 13.4. The van der Waals surface area contributed by atoms with Gasteiger partial charge in [-0.25, -0.2) is 0 Å². The number of rotatable bonds is 5. The number of pyridine rings is 1. The van der Waals surface area contributed by atoms with E-state index in [0.29, 0.717) is 22.4 Å². The number of benzene rings is 2. The van der Waals surface area contributed by atoms with Gasteiger partial charge in [-0.05, 0) is 48.0 Å². The topological polar surface area (TPSA) is 77.1 Å². The normalized spacial score (nSPS) is 12.0. The standard InChI is InChI=1S/C22H24N3O2PS/c1-12-8-18(22(27)14-4-6-15(28)7-5-14)17(9-20(12)23)19-11-25(3)21(26)10-16(19)13(2)24-29/h4-11,13,24,29H,23,28H2,1-3H3. The smallest absolute Gasteiger partial charge is 0.250 e. The van der Waals surface area contributed by atoms with E-state index >= 15 is 0 Å². The molecule has 0 bridgehead atoms. The van der Waals surface area contributed by atoms with Crippen LogP contribution in [0.5, 0.6) is 0 Å². The first kappa shape index (κ1) is 21.3. The second-order valence-electron chi connectivity index (χ2n) is 7.15. The van der Waals surface area contributed by atoms with Crippen molar-refractivity contribution in [2.75, 3.05) is 5.73 Å². The van der Waals surface area contributed by atoms with Crippen LogP contribution in [0.3, 0.4) is 0 Å². The van der Waals surface area contributed by atoms with Crippen LogP contribution in [0, 0.1) is 6.92 Å². The van der Waals surface area contributed by atoms with Crippen LogP contribution < -0.4 is 21.3 Å². The van der Waals surface area contributed by atoms with Gasteiger partial charge in [-0.15, -0.1) is 9.24 Å². The number of carbonyl (C=O) groups excluding carboxylic acids is 1. The van der Waals surface area contributed by atoms with Gasteiger partial charge in [0.05, 0.1) is 0 Å². The lowest BCUT2D eigenvalue weighted by Gasteiger charge is -2.19. The van der Waals surface area contributed by atoms with Crippen LogP contribution in [0.4, 0.5) is 5.69 Å². The summed E-state index contributed by atoms with van der Waals surface area (Å²) in [5.41, 5.74) is 10.8. The molecule has 3 aromatic rings. The number of hydrogen-bond donors (Lipinski definition) is 3.